The summed E-state index contributed by atoms with van der Waals surface area (Å²) in [6.45, 7) is 0.368. The predicted octanol–water partition coefficient (Wildman–Crippen LogP) is 4.38. The molecule has 2 aromatic rings. The lowest BCUT2D eigenvalue weighted by molar-refractivity contribution is 0.0858. The second-order valence-electron chi connectivity index (χ2n) is 4.77. The molecule has 3 nitrogen and oxygen atoms in total. The number of rotatable bonds is 2. The first-order valence-electron chi connectivity index (χ1n) is 6.43. The highest BCUT2D eigenvalue weighted by Crippen LogP contribution is 2.55. The van der Waals surface area contributed by atoms with Gasteiger partial charge in [0.2, 0.25) is 0 Å². The molecule has 0 saturated heterocycles. The number of amides is 1. The topological polar surface area (TPSA) is 23.6 Å². The Morgan fingerprint density at radius 2 is 1.81 bits per heavy atom. The summed E-state index contributed by atoms with van der Waals surface area (Å²) in [5.74, 6) is -0.381. The molecule has 1 heterocycles. The summed E-state index contributed by atoms with van der Waals surface area (Å²) in [6.07, 6.45) is 0. The van der Waals surface area contributed by atoms with Crippen molar-refractivity contribution in [2.24, 2.45) is 0 Å². The van der Waals surface area contributed by atoms with Gasteiger partial charge in [-0.25, -0.2) is 4.39 Å². The molecule has 1 amide bonds. The molecule has 1 aliphatic rings. The number of hydrogen-bond acceptors (Lipinski definition) is 2. The standard InChI is InChI=1S/C15H13ClFN2OP/c1-18-14-5-3-2-4-13(14)15(20)19(21(18)16)10-11-6-8-12(17)9-7-11/h2-9H,10H2,1H3. The van der Waals surface area contributed by atoms with Crippen LogP contribution in [0.15, 0.2) is 48.5 Å². The summed E-state index contributed by atoms with van der Waals surface area (Å²) in [5.41, 5.74) is 2.34. The van der Waals surface area contributed by atoms with E-state index in [-0.39, 0.29) is 11.7 Å². The van der Waals surface area contributed by atoms with Gasteiger partial charge in [0.15, 0.2) is 7.58 Å². The van der Waals surface area contributed by atoms with Crippen LogP contribution in [0, 0.1) is 5.82 Å². The number of anilines is 1. The monoisotopic (exact) mass is 322 g/mol. The quantitative estimate of drug-likeness (QED) is 0.766. The average Bonchev–Trinajstić information content (AvgIpc) is 2.51. The zero-order valence-electron chi connectivity index (χ0n) is 11.3. The molecule has 0 radical (unpaired) electrons. The van der Waals surface area contributed by atoms with E-state index in [0.29, 0.717) is 12.1 Å². The van der Waals surface area contributed by atoms with Gasteiger partial charge in [-0.1, -0.05) is 24.3 Å². The molecule has 0 bridgehead atoms. The summed E-state index contributed by atoms with van der Waals surface area (Å²) in [4.78, 5) is 12.6. The molecule has 1 aliphatic heterocycles. The van der Waals surface area contributed by atoms with E-state index < -0.39 is 7.58 Å². The van der Waals surface area contributed by atoms with Gasteiger partial charge in [0.05, 0.1) is 17.8 Å². The zero-order chi connectivity index (χ0) is 15.0. The normalized spacial score (nSPS) is 17.9. The van der Waals surface area contributed by atoms with Crippen molar-refractivity contribution in [2.45, 2.75) is 6.54 Å². The molecule has 6 heteroatoms. The predicted molar refractivity (Wildman–Crippen MR) is 83.9 cm³/mol. The molecular weight excluding hydrogens is 310 g/mol. The average molecular weight is 323 g/mol. The summed E-state index contributed by atoms with van der Waals surface area (Å²) >= 11 is 6.46. The van der Waals surface area contributed by atoms with E-state index in [4.69, 9.17) is 11.2 Å². The van der Waals surface area contributed by atoms with Crippen molar-refractivity contribution in [1.82, 2.24) is 4.67 Å². The fourth-order valence-electron chi connectivity index (χ4n) is 2.29. The van der Waals surface area contributed by atoms with Crippen molar-refractivity contribution in [2.75, 3.05) is 11.7 Å². The number of carbonyl (C=O) groups excluding carboxylic acids is 1. The Hall–Kier alpha value is -1.64. The molecule has 108 valence electrons. The van der Waals surface area contributed by atoms with Crippen molar-refractivity contribution >= 4 is 30.4 Å². The maximum Gasteiger partial charge on any atom is 0.261 e. The smallest absolute Gasteiger partial charge is 0.261 e. The molecule has 0 N–H and O–H groups in total. The second kappa shape index (κ2) is 5.63. The first-order chi connectivity index (χ1) is 10.1. The van der Waals surface area contributed by atoms with Gasteiger partial charge in [0.1, 0.15) is 5.82 Å². The van der Waals surface area contributed by atoms with Gasteiger partial charge in [0.25, 0.3) is 5.91 Å². The molecule has 1 unspecified atom stereocenters. The van der Waals surface area contributed by atoms with Crippen molar-refractivity contribution in [3.05, 3.63) is 65.5 Å². The molecule has 1 atom stereocenters. The summed E-state index contributed by atoms with van der Waals surface area (Å²) < 4.78 is 16.5. The van der Waals surface area contributed by atoms with Crippen molar-refractivity contribution in [1.29, 1.82) is 0 Å². The molecule has 0 saturated carbocycles. The minimum atomic E-state index is -1.28. The molecular formula is C15H13ClFN2OP. The molecule has 0 aliphatic carbocycles. The number of benzene rings is 2. The summed E-state index contributed by atoms with van der Waals surface area (Å²) in [7, 11) is 0.599. The molecule has 0 aromatic heterocycles. The summed E-state index contributed by atoms with van der Waals surface area (Å²) in [5, 5.41) is 0. The largest absolute Gasteiger partial charge is 0.324 e. The number of hydrogen-bond donors (Lipinski definition) is 0. The Balaban J connectivity index is 1.93. The van der Waals surface area contributed by atoms with Gasteiger partial charge in [-0.15, -0.1) is 0 Å². The van der Waals surface area contributed by atoms with Gasteiger partial charge in [0, 0.05) is 7.05 Å². The van der Waals surface area contributed by atoms with E-state index in [1.807, 2.05) is 29.9 Å². The lowest BCUT2D eigenvalue weighted by Crippen LogP contribution is -2.35. The van der Waals surface area contributed by atoms with E-state index in [9.17, 15) is 9.18 Å². The van der Waals surface area contributed by atoms with Crippen LogP contribution in [-0.2, 0) is 6.54 Å². The van der Waals surface area contributed by atoms with E-state index in [1.165, 1.54) is 12.1 Å². The van der Waals surface area contributed by atoms with Crippen LogP contribution in [0.2, 0.25) is 0 Å². The molecule has 0 fully saturated rings. The van der Waals surface area contributed by atoms with Crippen LogP contribution in [0.3, 0.4) is 0 Å². The Kier molecular flexibility index (Phi) is 3.83. The number of fused-ring (bicyclic) bond motifs is 1. The van der Waals surface area contributed by atoms with Crippen LogP contribution >= 0.6 is 18.8 Å². The third kappa shape index (κ3) is 2.61. The Bertz CT molecular complexity index is 680. The lowest BCUT2D eigenvalue weighted by atomic mass is 10.1. The minimum Gasteiger partial charge on any atom is -0.324 e. The van der Waals surface area contributed by atoms with E-state index in [1.54, 1.807) is 22.9 Å². The van der Waals surface area contributed by atoms with E-state index in [0.717, 1.165) is 11.3 Å². The van der Waals surface area contributed by atoms with Crippen LogP contribution in [0.1, 0.15) is 15.9 Å². The Morgan fingerprint density at radius 3 is 2.52 bits per heavy atom. The van der Waals surface area contributed by atoms with Crippen LogP contribution in [0.25, 0.3) is 0 Å². The first-order valence-corrected chi connectivity index (χ1v) is 8.58. The zero-order valence-corrected chi connectivity index (χ0v) is 13.0. The fraction of sp³-hybridized carbons (Fsp3) is 0.133. The fourth-order valence-corrected chi connectivity index (χ4v) is 4.12. The maximum atomic E-state index is 13.0. The summed E-state index contributed by atoms with van der Waals surface area (Å²) in [6, 6.07) is 13.5. The number of halogens is 2. The Morgan fingerprint density at radius 1 is 1.14 bits per heavy atom. The van der Waals surface area contributed by atoms with Crippen molar-refractivity contribution < 1.29 is 9.18 Å². The van der Waals surface area contributed by atoms with Gasteiger partial charge in [-0.2, -0.15) is 0 Å². The van der Waals surface area contributed by atoms with Gasteiger partial charge < -0.3 is 4.67 Å². The third-order valence-corrected chi connectivity index (χ3v) is 6.07. The van der Waals surface area contributed by atoms with Crippen LogP contribution < -0.4 is 4.67 Å². The van der Waals surface area contributed by atoms with Gasteiger partial charge >= 0.3 is 0 Å². The van der Waals surface area contributed by atoms with Crippen LogP contribution in [0.5, 0.6) is 0 Å². The van der Waals surface area contributed by atoms with Gasteiger partial charge in [-0.05, 0) is 41.1 Å². The first kappa shape index (κ1) is 14.3. The van der Waals surface area contributed by atoms with Crippen LogP contribution in [-0.4, -0.2) is 17.6 Å². The highest BCUT2D eigenvalue weighted by Gasteiger charge is 2.35. The maximum absolute atomic E-state index is 13.0. The second-order valence-corrected chi connectivity index (χ2v) is 7.24. The number of nitrogens with zero attached hydrogens (tertiary/aromatic N) is 2. The van der Waals surface area contributed by atoms with Gasteiger partial charge in [-0.3, -0.25) is 9.46 Å². The number of para-hydroxylation sites is 1. The molecule has 21 heavy (non-hydrogen) atoms. The molecule has 2 aromatic carbocycles. The minimum absolute atomic E-state index is 0.0888. The van der Waals surface area contributed by atoms with E-state index >= 15 is 0 Å². The SMILES string of the molecule is CN1c2ccccc2C(=O)N(Cc2ccc(F)cc2)P1Cl. The highest BCUT2D eigenvalue weighted by molar-refractivity contribution is 7.83. The number of carbonyl (C=O) groups is 1. The van der Waals surface area contributed by atoms with Crippen molar-refractivity contribution in [3.8, 4) is 0 Å². The Labute approximate surface area is 128 Å². The molecule has 0 spiro atoms. The molecule has 3 rings (SSSR count). The lowest BCUT2D eigenvalue weighted by Gasteiger charge is -2.39. The highest BCUT2D eigenvalue weighted by atomic mass is 35.7. The van der Waals surface area contributed by atoms with E-state index in [2.05, 4.69) is 0 Å². The third-order valence-electron chi connectivity index (χ3n) is 3.41. The van der Waals surface area contributed by atoms with Crippen molar-refractivity contribution in [3.63, 3.8) is 0 Å². The van der Waals surface area contributed by atoms with Crippen LogP contribution in [0.4, 0.5) is 10.1 Å².